The Kier molecular flexibility index (Phi) is 6.46. The van der Waals surface area contributed by atoms with Crippen molar-refractivity contribution < 1.29 is 19.1 Å². The summed E-state index contributed by atoms with van der Waals surface area (Å²) in [5, 5.41) is 4.41. The molecule has 2 heterocycles. The van der Waals surface area contributed by atoms with Crippen LogP contribution in [0.15, 0.2) is 65.6 Å². The summed E-state index contributed by atoms with van der Waals surface area (Å²) in [6.07, 6.45) is 4.13. The van der Waals surface area contributed by atoms with Crippen LogP contribution in [0, 0.1) is 0 Å². The molecule has 0 aromatic heterocycles. The fraction of sp³-hybridized carbons (Fsp3) is 0.222. The molecule has 3 aromatic rings. The van der Waals surface area contributed by atoms with Crippen molar-refractivity contribution in [2.75, 3.05) is 37.0 Å². The maximum atomic E-state index is 13.0. The predicted molar refractivity (Wildman–Crippen MR) is 140 cm³/mol. The molecule has 2 aliphatic rings. The molecule has 2 saturated heterocycles. The zero-order chi connectivity index (χ0) is 24.4. The number of hydrogen-bond acceptors (Lipinski definition) is 6. The number of nitrogens with zero attached hydrogens (tertiary/aromatic N) is 2. The third-order valence-corrected chi connectivity index (χ3v) is 7.12. The molecule has 178 valence electrons. The normalized spacial score (nSPS) is 17.0. The van der Waals surface area contributed by atoms with Gasteiger partial charge in [-0.1, -0.05) is 30.3 Å². The summed E-state index contributed by atoms with van der Waals surface area (Å²) >= 11 is 0.860. The highest BCUT2D eigenvalue weighted by Gasteiger charge is 2.36. The van der Waals surface area contributed by atoms with Crippen LogP contribution in [0.4, 0.5) is 16.2 Å². The largest absolute Gasteiger partial charge is 0.497 e. The zero-order valence-electron chi connectivity index (χ0n) is 19.3. The predicted octanol–water partition coefficient (Wildman–Crippen LogP) is 5.12. The molecule has 3 amide bonds. The summed E-state index contributed by atoms with van der Waals surface area (Å²) in [4.78, 5) is 41.8. The van der Waals surface area contributed by atoms with Crippen LogP contribution in [-0.2, 0) is 9.59 Å². The standard InChI is InChI=1S/C27H25N3O4S/c1-34-20-11-9-19(10-12-20)28-25(31)17-30-26(32)24(35-27(30)33)16-18-8-13-23(29-14-4-5-15-29)22-7-3-2-6-21(18)22/h2-3,6-13,16H,4-5,14-15,17H2,1H3,(H,28,31)/b24-16+. The number of imide groups is 1. The molecule has 0 bridgehead atoms. The highest BCUT2D eigenvalue weighted by molar-refractivity contribution is 8.18. The van der Waals surface area contributed by atoms with Gasteiger partial charge in [0.15, 0.2) is 0 Å². The third kappa shape index (κ3) is 4.74. The van der Waals surface area contributed by atoms with E-state index < -0.39 is 17.1 Å². The third-order valence-electron chi connectivity index (χ3n) is 6.22. The van der Waals surface area contributed by atoms with Gasteiger partial charge in [0, 0.05) is 29.9 Å². The molecule has 5 rings (SSSR count). The Balaban J connectivity index is 1.35. The first-order valence-electron chi connectivity index (χ1n) is 11.5. The van der Waals surface area contributed by atoms with Crippen LogP contribution in [0.1, 0.15) is 18.4 Å². The quantitative estimate of drug-likeness (QED) is 0.486. The number of ether oxygens (including phenoxy) is 1. The van der Waals surface area contributed by atoms with Crippen LogP contribution in [0.2, 0.25) is 0 Å². The Morgan fingerprint density at radius 2 is 1.71 bits per heavy atom. The van der Waals surface area contributed by atoms with E-state index in [9.17, 15) is 14.4 Å². The van der Waals surface area contributed by atoms with E-state index in [1.54, 1.807) is 37.5 Å². The number of carbonyl (C=O) groups is 3. The summed E-state index contributed by atoms with van der Waals surface area (Å²) in [5.74, 6) is -0.239. The van der Waals surface area contributed by atoms with Gasteiger partial charge < -0.3 is 15.0 Å². The Morgan fingerprint density at radius 3 is 2.43 bits per heavy atom. The highest BCUT2D eigenvalue weighted by Crippen LogP contribution is 2.36. The van der Waals surface area contributed by atoms with E-state index in [4.69, 9.17) is 4.74 Å². The van der Waals surface area contributed by atoms with Gasteiger partial charge in [-0.15, -0.1) is 0 Å². The van der Waals surface area contributed by atoms with E-state index in [0.717, 1.165) is 46.1 Å². The molecule has 0 atom stereocenters. The molecule has 0 unspecified atom stereocenters. The van der Waals surface area contributed by atoms with Crippen molar-refractivity contribution in [1.82, 2.24) is 4.90 Å². The van der Waals surface area contributed by atoms with Gasteiger partial charge in [0.25, 0.3) is 11.1 Å². The number of benzene rings is 3. The fourth-order valence-electron chi connectivity index (χ4n) is 4.46. The molecule has 2 fully saturated rings. The smallest absolute Gasteiger partial charge is 0.294 e. The second-order valence-corrected chi connectivity index (χ2v) is 9.45. The maximum Gasteiger partial charge on any atom is 0.294 e. The van der Waals surface area contributed by atoms with Crippen LogP contribution in [0.3, 0.4) is 0 Å². The lowest BCUT2D eigenvalue weighted by Crippen LogP contribution is -2.36. The average Bonchev–Trinajstić information content (AvgIpc) is 3.49. The van der Waals surface area contributed by atoms with Gasteiger partial charge >= 0.3 is 0 Å². The van der Waals surface area contributed by atoms with E-state index in [-0.39, 0.29) is 6.54 Å². The maximum absolute atomic E-state index is 13.0. The van der Waals surface area contributed by atoms with Crippen molar-refractivity contribution in [2.24, 2.45) is 0 Å². The number of rotatable bonds is 6. The minimum Gasteiger partial charge on any atom is -0.497 e. The zero-order valence-corrected chi connectivity index (χ0v) is 20.1. The van der Waals surface area contributed by atoms with Crippen LogP contribution in [0.5, 0.6) is 5.75 Å². The SMILES string of the molecule is COc1ccc(NC(=O)CN2C(=O)S/C(=C/c3ccc(N4CCCC4)c4ccccc34)C2=O)cc1. The number of methoxy groups -OCH3 is 1. The molecule has 1 N–H and O–H groups in total. The molecule has 35 heavy (non-hydrogen) atoms. The number of thioether (sulfide) groups is 1. The van der Waals surface area contributed by atoms with Crippen LogP contribution in [0.25, 0.3) is 16.8 Å². The Morgan fingerprint density at radius 1 is 1.00 bits per heavy atom. The van der Waals surface area contributed by atoms with E-state index in [0.29, 0.717) is 16.3 Å². The molecular weight excluding hydrogens is 462 g/mol. The number of nitrogens with one attached hydrogen (secondary N) is 1. The van der Waals surface area contributed by atoms with Crippen molar-refractivity contribution >= 4 is 57.0 Å². The summed E-state index contributed by atoms with van der Waals surface area (Å²) < 4.78 is 5.11. The van der Waals surface area contributed by atoms with Crippen molar-refractivity contribution in [3.05, 3.63) is 71.1 Å². The molecule has 2 aliphatic heterocycles. The molecule has 0 radical (unpaired) electrons. The van der Waals surface area contributed by atoms with Gasteiger partial charge in [0.05, 0.1) is 12.0 Å². The molecule has 0 saturated carbocycles. The van der Waals surface area contributed by atoms with Crippen LogP contribution in [-0.4, -0.2) is 48.7 Å². The number of carbonyl (C=O) groups excluding carboxylic acids is 3. The molecule has 0 spiro atoms. The average molecular weight is 488 g/mol. The molecule has 3 aromatic carbocycles. The summed E-state index contributed by atoms with van der Waals surface area (Å²) in [6.45, 7) is 1.74. The lowest BCUT2D eigenvalue weighted by Gasteiger charge is -2.20. The van der Waals surface area contributed by atoms with E-state index in [1.165, 1.54) is 18.5 Å². The Labute approximate surface area is 207 Å². The molecule has 0 aliphatic carbocycles. The first-order valence-corrected chi connectivity index (χ1v) is 12.3. The fourth-order valence-corrected chi connectivity index (χ4v) is 5.29. The second kappa shape index (κ2) is 9.84. The molecule has 8 heteroatoms. The van der Waals surface area contributed by atoms with Gasteiger partial charge in [-0.05, 0) is 72.0 Å². The highest BCUT2D eigenvalue weighted by atomic mass is 32.2. The van der Waals surface area contributed by atoms with Crippen LogP contribution < -0.4 is 15.0 Å². The summed E-state index contributed by atoms with van der Waals surface area (Å²) in [7, 11) is 1.56. The van der Waals surface area contributed by atoms with Gasteiger partial charge in [0.2, 0.25) is 5.91 Å². The number of hydrogen-bond donors (Lipinski definition) is 1. The van der Waals surface area contributed by atoms with E-state index in [1.807, 2.05) is 24.3 Å². The second-order valence-electron chi connectivity index (χ2n) is 8.46. The number of amides is 3. The van der Waals surface area contributed by atoms with Gasteiger partial charge in [-0.2, -0.15) is 0 Å². The van der Waals surface area contributed by atoms with Crippen molar-refractivity contribution in [3.8, 4) is 5.75 Å². The number of fused-ring (bicyclic) bond motifs is 1. The number of anilines is 2. The lowest BCUT2D eigenvalue weighted by molar-refractivity contribution is -0.127. The van der Waals surface area contributed by atoms with Gasteiger partial charge in [-0.3, -0.25) is 19.3 Å². The summed E-state index contributed by atoms with van der Waals surface area (Å²) in [5.41, 5.74) is 2.62. The summed E-state index contributed by atoms with van der Waals surface area (Å²) in [6, 6.07) is 19.0. The Bertz CT molecular complexity index is 1330. The van der Waals surface area contributed by atoms with E-state index in [2.05, 4.69) is 22.3 Å². The minimum atomic E-state index is -0.461. The first-order chi connectivity index (χ1) is 17.0. The van der Waals surface area contributed by atoms with Crippen molar-refractivity contribution in [3.63, 3.8) is 0 Å². The van der Waals surface area contributed by atoms with Crippen molar-refractivity contribution in [1.29, 1.82) is 0 Å². The van der Waals surface area contributed by atoms with Crippen molar-refractivity contribution in [2.45, 2.75) is 12.8 Å². The van der Waals surface area contributed by atoms with Gasteiger partial charge in [0.1, 0.15) is 12.3 Å². The van der Waals surface area contributed by atoms with Gasteiger partial charge in [-0.25, -0.2) is 0 Å². The topological polar surface area (TPSA) is 79.0 Å². The first kappa shape index (κ1) is 23.0. The minimum absolute atomic E-state index is 0.311. The molecule has 7 nitrogen and oxygen atoms in total. The van der Waals surface area contributed by atoms with Crippen LogP contribution >= 0.6 is 11.8 Å². The Hall–Kier alpha value is -3.78. The monoisotopic (exact) mass is 487 g/mol. The lowest BCUT2D eigenvalue weighted by atomic mass is 10.0. The van der Waals surface area contributed by atoms with E-state index >= 15 is 0 Å². The molecular formula is C27H25N3O4S.